The third-order valence-electron chi connectivity index (χ3n) is 3.87. The van der Waals surface area contributed by atoms with Gasteiger partial charge in [-0.2, -0.15) is 0 Å². The average molecular weight is 359 g/mol. The molecule has 1 aliphatic rings. The van der Waals surface area contributed by atoms with Gasteiger partial charge in [0.2, 0.25) is 0 Å². The quantitative estimate of drug-likeness (QED) is 0.834. The number of piperidine rings is 1. The molecule has 4 nitrogen and oxygen atoms in total. The minimum atomic E-state index is -0.460. The van der Waals surface area contributed by atoms with E-state index in [0.29, 0.717) is 23.0 Å². The van der Waals surface area contributed by atoms with Gasteiger partial charge in [-0.05, 0) is 51.3 Å². The summed E-state index contributed by atoms with van der Waals surface area (Å²) in [4.78, 5) is 14.3. The number of rotatable bonds is 3. The molecule has 0 bridgehead atoms. The Morgan fingerprint density at radius 3 is 2.61 bits per heavy atom. The Labute approximate surface area is 147 Å². The van der Waals surface area contributed by atoms with Crippen LogP contribution in [0.25, 0.3) is 0 Å². The van der Waals surface area contributed by atoms with Crippen molar-refractivity contribution in [2.75, 3.05) is 6.54 Å². The second kappa shape index (κ2) is 7.39. The lowest BCUT2D eigenvalue weighted by atomic mass is 9.94. The molecule has 2 unspecified atom stereocenters. The van der Waals surface area contributed by atoms with Gasteiger partial charge < -0.3 is 10.5 Å². The van der Waals surface area contributed by atoms with Crippen molar-refractivity contribution in [3.8, 4) is 0 Å². The van der Waals surface area contributed by atoms with E-state index in [9.17, 15) is 4.79 Å². The number of ether oxygens (including phenoxy) is 1. The molecule has 23 heavy (non-hydrogen) atoms. The fraction of sp³-hybridized carbons (Fsp3) is 0.588. The zero-order valence-electron chi connectivity index (χ0n) is 13.8. The van der Waals surface area contributed by atoms with Crippen LogP contribution in [0.2, 0.25) is 10.0 Å². The van der Waals surface area contributed by atoms with Gasteiger partial charge in [0, 0.05) is 13.1 Å². The highest BCUT2D eigenvalue weighted by molar-refractivity contribution is 6.42. The van der Waals surface area contributed by atoms with Crippen LogP contribution >= 0.6 is 23.2 Å². The number of carbonyl (C=O) groups is 1. The second-order valence-corrected chi connectivity index (χ2v) is 7.86. The predicted molar refractivity (Wildman–Crippen MR) is 93.4 cm³/mol. The number of likely N-dealkylation sites (tertiary alicyclic amines) is 1. The zero-order chi connectivity index (χ0) is 17.2. The van der Waals surface area contributed by atoms with Gasteiger partial charge in [0.1, 0.15) is 5.60 Å². The van der Waals surface area contributed by atoms with E-state index in [1.54, 1.807) is 6.07 Å². The lowest BCUT2D eigenvalue weighted by Gasteiger charge is -2.37. The Morgan fingerprint density at radius 2 is 2.04 bits per heavy atom. The summed E-state index contributed by atoms with van der Waals surface area (Å²) >= 11 is 12.0. The van der Waals surface area contributed by atoms with Crippen LogP contribution in [0.5, 0.6) is 0 Å². The maximum Gasteiger partial charge on any atom is 0.309 e. The molecular weight excluding hydrogens is 335 g/mol. The Morgan fingerprint density at radius 1 is 1.35 bits per heavy atom. The maximum atomic E-state index is 12.2. The van der Waals surface area contributed by atoms with Crippen molar-refractivity contribution in [2.24, 2.45) is 11.7 Å². The van der Waals surface area contributed by atoms with E-state index in [0.717, 1.165) is 18.5 Å². The first-order valence-electron chi connectivity index (χ1n) is 7.82. The Bertz CT molecular complexity index is 572. The highest BCUT2D eigenvalue weighted by Gasteiger charge is 2.33. The van der Waals surface area contributed by atoms with Crippen molar-refractivity contribution in [1.82, 2.24) is 4.90 Å². The molecule has 0 amide bonds. The minimum Gasteiger partial charge on any atom is -0.460 e. The van der Waals surface area contributed by atoms with Crippen molar-refractivity contribution in [1.29, 1.82) is 0 Å². The Hall–Kier alpha value is -0.810. The molecule has 6 heteroatoms. The van der Waals surface area contributed by atoms with E-state index in [4.69, 9.17) is 33.7 Å². The lowest BCUT2D eigenvalue weighted by molar-refractivity contribution is -0.162. The van der Waals surface area contributed by atoms with Crippen LogP contribution in [0.3, 0.4) is 0 Å². The minimum absolute atomic E-state index is 0.130. The largest absolute Gasteiger partial charge is 0.460 e. The fourth-order valence-corrected chi connectivity index (χ4v) is 3.03. The smallest absolute Gasteiger partial charge is 0.309 e. The summed E-state index contributed by atoms with van der Waals surface area (Å²) in [5, 5.41) is 1.09. The van der Waals surface area contributed by atoms with Crippen molar-refractivity contribution in [2.45, 2.75) is 51.9 Å². The van der Waals surface area contributed by atoms with E-state index >= 15 is 0 Å². The van der Waals surface area contributed by atoms with Crippen LogP contribution < -0.4 is 5.73 Å². The van der Waals surface area contributed by atoms with E-state index in [1.165, 1.54) is 0 Å². The third-order valence-corrected chi connectivity index (χ3v) is 4.61. The molecular formula is C17H24Cl2N2O2. The first-order chi connectivity index (χ1) is 10.7. The molecule has 0 aromatic heterocycles. The highest BCUT2D eigenvalue weighted by atomic mass is 35.5. The summed E-state index contributed by atoms with van der Waals surface area (Å²) in [5.74, 6) is -0.281. The Kier molecular flexibility index (Phi) is 5.95. The van der Waals surface area contributed by atoms with Crippen molar-refractivity contribution >= 4 is 29.2 Å². The fourth-order valence-electron chi connectivity index (χ4n) is 2.71. The molecule has 2 rings (SSSR count). The van der Waals surface area contributed by atoms with Crippen LogP contribution in [0, 0.1) is 5.92 Å². The molecule has 1 fully saturated rings. The number of halogens is 2. The number of hydrogen-bond acceptors (Lipinski definition) is 4. The standard InChI is InChI=1S/C17H24Cl2N2O2/c1-17(2,3)23-16(22)12-6-7-21(15(20)9-12)10-11-4-5-13(18)14(19)8-11/h4-5,8,12,15H,6-7,9-10,20H2,1-3H3. The van der Waals surface area contributed by atoms with Gasteiger partial charge in [0.05, 0.1) is 22.1 Å². The van der Waals surface area contributed by atoms with Gasteiger partial charge in [0.15, 0.2) is 0 Å². The summed E-state index contributed by atoms with van der Waals surface area (Å²) in [6.07, 6.45) is 1.19. The number of hydrogen-bond donors (Lipinski definition) is 1. The van der Waals surface area contributed by atoms with Crippen LogP contribution in [0.15, 0.2) is 18.2 Å². The molecule has 1 aliphatic heterocycles. The summed E-state index contributed by atoms with van der Waals surface area (Å²) in [6.45, 7) is 7.09. The molecule has 2 N–H and O–H groups in total. The molecule has 128 valence electrons. The van der Waals surface area contributed by atoms with E-state index in [2.05, 4.69) is 4.90 Å². The van der Waals surface area contributed by atoms with Gasteiger partial charge in [-0.15, -0.1) is 0 Å². The van der Waals surface area contributed by atoms with Gasteiger partial charge in [-0.25, -0.2) is 0 Å². The van der Waals surface area contributed by atoms with Crippen LogP contribution in [-0.2, 0) is 16.1 Å². The van der Waals surface area contributed by atoms with Gasteiger partial charge in [0.25, 0.3) is 0 Å². The highest BCUT2D eigenvalue weighted by Crippen LogP contribution is 2.27. The normalized spacial score (nSPS) is 22.9. The monoisotopic (exact) mass is 358 g/mol. The van der Waals surface area contributed by atoms with Gasteiger partial charge in [-0.1, -0.05) is 29.3 Å². The van der Waals surface area contributed by atoms with Crippen molar-refractivity contribution in [3.05, 3.63) is 33.8 Å². The predicted octanol–water partition coefficient (Wildman–Crippen LogP) is 3.83. The Balaban J connectivity index is 1.93. The zero-order valence-corrected chi connectivity index (χ0v) is 15.3. The molecule has 1 heterocycles. The SMILES string of the molecule is CC(C)(C)OC(=O)C1CCN(Cc2ccc(Cl)c(Cl)c2)C(N)C1. The van der Waals surface area contributed by atoms with Crippen LogP contribution in [0.4, 0.5) is 0 Å². The molecule has 0 radical (unpaired) electrons. The lowest BCUT2D eigenvalue weighted by Crippen LogP contribution is -2.49. The molecule has 0 aliphatic carbocycles. The van der Waals surface area contributed by atoms with Crippen LogP contribution in [-0.4, -0.2) is 29.2 Å². The molecule has 0 saturated carbocycles. The summed E-state index contributed by atoms with van der Waals surface area (Å²) < 4.78 is 5.46. The average Bonchev–Trinajstić information content (AvgIpc) is 2.43. The third kappa shape index (κ3) is 5.35. The van der Waals surface area contributed by atoms with Gasteiger partial charge >= 0.3 is 5.97 Å². The summed E-state index contributed by atoms with van der Waals surface area (Å²) in [5.41, 5.74) is 6.85. The number of benzene rings is 1. The first kappa shape index (κ1) is 18.5. The van der Waals surface area contributed by atoms with E-state index < -0.39 is 5.60 Å². The van der Waals surface area contributed by atoms with Crippen LogP contribution in [0.1, 0.15) is 39.2 Å². The molecule has 1 aromatic carbocycles. The number of nitrogens with two attached hydrogens (primary N) is 1. The molecule has 1 saturated heterocycles. The van der Waals surface area contributed by atoms with Crippen molar-refractivity contribution < 1.29 is 9.53 Å². The second-order valence-electron chi connectivity index (χ2n) is 7.04. The summed E-state index contributed by atoms with van der Waals surface area (Å²) in [7, 11) is 0. The number of nitrogens with zero attached hydrogens (tertiary/aromatic N) is 1. The molecule has 2 atom stereocenters. The van der Waals surface area contributed by atoms with Gasteiger partial charge in [-0.3, -0.25) is 9.69 Å². The number of esters is 1. The first-order valence-corrected chi connectivity index (χ1v) is 8.58. The molecule has 0 spiro atoms. The topological polar surface area (TPSA) is 55.6 Å². The maximum absolute atomic E-state index is 12.2. The molecule has 1 aromatic rings. The van der Waals surface area contributed by atoms with E-state index in [-0.39, 0.29) is 18.1 Å². The van der Waals surface area contributed by atoms with Crippen molar-refractivity contribution in [3.63, 3.8) is 0 Å². The summed E-state index contributed by atoms with van der Waals surface area (Å²) in [6, 6.07) is 5.59. The van der Waals surface area contributed by atoms with E-state index in [1.807, 2.05) is 32.9 Å². The number of carbonyl (C=O) groups excluding carboxylic acids is 1.